The Morgan fingerprint density at radius 2 is 1.90 bits per heavy atom. The van der Waals surface area contributed by atoms with E-state index < -0.39 is 6.04 Å². The number of nitrogens with zero attached hydrogens (tertiary/aromatic N) is 1. The number of ether oxygens (including phenoxy) is 1. The van der Waals surface area contributed by atoms with Crippen molar-refractivity contribution in [3.63, 3.8) is 0 Å². The molecule has 1 aromatic carbocycles. The fourth-order valence-corrected chi connectivity index (χ4v) is 2.14. The monoisotopic (exact) mass is 286 g/mol. The summed E-state index contributed by atoms with van der Waals surface area (Å²) in [5.41, 5.74) is 6.41. The molecule has 5 nitrogen and oxygen atoms in total. The van der Waals surface area contributed by atoms with E-state index in [1.54, 1.807) is 12.1 Å². The minimum atomic E-state index is -0.494. The topological polar surface area (TPSA) is 79.0 Å². The van der Waals surface area contributed by atoms with Crippen LogP contribution >= 0.6 is 0 Å². The van der Waals surface area contributed by atoms with Crippen LogP contribution in [0.2, 0.25) is 0 Å². The van der Waals surface area contributed by atoms with E-state index in [2.05, 4.69) is 0 Å². The predicted molar refractivity (Wildman–Crippen MR) is 75.1 cm³/mol. The fourth-order valence-electron chi connectivity index (χ4n) is 2.14. The highest BCUT2D eigenvalue weighted by Crippen LogP contribution is 2.28. The second kappa shape index (κ2) is 8.86. The summed E-state index contributed by atoms with van der Waals surface area (Å²) in [5.74, 6) is 0.0566. The molecule has 0 aliphatic carbocycles. The Morgan fingerprint density at radius 3 is 2.45 bits per heavy atom. The summed E-state index contributed by atoms with van der Waals surface area (Å²) in [5, 5.41) is 17.9. The van der Waals surface area contributed by atoms with Gasteiger partial charge in [-0.3, -0.25) is 4.90 Å². The molecule has 4 N–H and O–H groups in total. The molecular formula is C14H23FN2O3. The summed E-state index contributed by atoms with van der Waals surface area (Å²) in [7, 11) is 1.48. The molecule has 0 heterocycles. The van der Waals surface area contributed by atoms with Gasteiger partial charge in [0.25, 0.3) is 0 Å². The molecule has 0 radical (unpaired) electrons. The highest BCUT2D eigenvalue weighted by atomic mass is 19.1. The molecule has 1 unspecified atom stereocenters. The zero-order valence-electron chi connectivity index (χ0n) is 11.8. The number of aliphatic hydroxyl groups excluding tert-OH is 2. The van der Waals surface area contributed by atoms with Gasteiger partial charge in [-0.2, -0.15) is 0 Å². The van der Waals surface area contributed by atoms with Gasteiger partial charge in [-0.1, -0.05) is 6.07 Å². The Bertz CT molecular complexity index is 398. The van der Waals surface area contributed by atoms with Crippen molar-refractivity contribution in [1.29, 1.82) is 0 Å². The number of hydrogen-bond acceptors (Lipinski definition) is 5. The molecule has 114 valence electrons. The van der Waals surface area contributed by atoms with E-state index in [4.69, 9.17) is 20.7 Å². The number of rotatable bonds is 9. The van der Waals surface area contributed by atoms with Crippen LogP contribution in [0.1, 0.15) is 18.0 Å². The van der Waals surface area contributed by atoms with Crippen molar-refractivity contribution >= 4 is 0 Å². The Kier molecular flexibility index (Phi) is 7.46. The van der Waals surface area contributed by atoms with Gasteiger partial charge in [-0.05, 0) is 18.6 Å². The first-order valence-corrected chi connectivity index (χ1v) is 6.66. The lowest BCUT2D eigenvalue weighted by molar-refractivity contribution is 0.157. The Balaban J connectivity index is 2.68. The summed E-state index contributed by atoms with van der Waals surface area (Å²) < 4.78 is 19.0. The van der Waals surface area contributed by atoms with Gasteiger partial charge in [0.2, 0.25) is 0 Å². The van der Waals surface area contributed by atoms with Gasteiger partial charge >= 0.3 is 0 Å². The van der Waals surface area contributed by atoms with Crippen LogP contribution < -0.4 is 10.5 Å². The third-order valence-electron chi connectivity index (χ3n) is 3.19. The van der Waals surface area contributed by atoms with E-state index >= 15 is 0 Å². The van der Waals surface area contributed by atoms with Crippen molar-refractivity contribution in [3.05, 3.63) is 29.6 Å². The lowest BCUT2D eigenvalue weighted by Crippen LogP contribution is -2.32. The SMILES string of the molecule is COc1cccc(F)c1C(N)CCN(CCO)CCO. The zero-order valence-corrected chi connectivity index (χ0v) is 11.8. The standard InChI is InChI=1S/C14H23FN2O3/c1-20-13-4-2-3-11(15)14(13)12(16)5-6-17(7-9-18)8-10-19/h2-4,12,18-19H,5-10,16H2,1H3. The van der Waals surface area contributed by atoms with E-state index in [1.807, 2.05) is 4.90 Å². The lowest BCUT2D eigenvalue weighted by atomic mass is 10.0. The minimum absolute atomic E-state index is 0.0122. The van der Waals surface area contributed by atoms with E-state index in [0.717, 1.165) is 0 Å². The van der Waals surface area contributed by atoms with Gasteiger partial charge in [0.05, 0.1) is 20.3 Å². The lowest BCUT2D eigenvalue weighted by Gasteiger charge is -2.23. The second-order valence-corrected chi connectivity index (χ2v) is 4.54. The normalized spacial score (nSPS) is 12.7. The van der Waals surface area contributed by atoms with Crippen LogP contribution in [0.4, 0.5) is 4.39 Å². The fraction of sp³-hybridized carbons (Fsp3) is 0.571. The molecule has 0 bridgehead atoms. The molecule has 0 amide bonds. The minimum Gasteiger partial charge on any atom is -0.496 e. The first-order chi connectivity index (χ1) is 9.63. The third-order valence-corrected chi connectivity index (χ3v) is 3.19. The van der Waals surface area contributed by atoms with Gasteiger partial charge < -0.3 is 20.7 Å². The molecule has 0 spiro atoms. The summed E-state index contributed by atoms with van der Waals surface area (Å²) in [6.45, 7) is 1.51. The van der Waals surface area contributed by atoms with Crippen LogP contribution in [0.15, 0.2) is 18.2 Å². The number of hydrogen-bond donors (Lipinski definition) is 3. The average molecular weight is 286 g/mol. The van der Waals surface area contributed by atoms with Gasteiger partial charge in [0, 0.05) is 31.2 Å². The maximum Gasteiger partial charge on any atom is 0.131 e. The maximum absolute atomic E-state index is 13.9. The summed E-state index contributed by atoms with van der Waals surface area (Å²) in [6, 6.07) is 4.12. The number of aliphatic hydroxyl groups is 2. The predicted octanol–water partition coefficient (Wildman–Crippen LogP) is 0.511. The molecule has 1 rings (SSSR count). The van der Waals surface area contributed by atoms with Gasteiger partial charge in [0.15, 0.2) is 0 Å². The second-order valence-electron chi connectivity index (χ2n) is 4.54. The van der Waals surface area contributed by atoms with Crippen LogP contribution in [0, 0.1) is 5.82 Å². The first kappa shape index (κ1) is 16.8. The van der Waals surface area contributed by atoms with Crippen LogP contribution in [0.25, 0.3) is 0 Å². The molecule has 0 fully saturated rings. The van der Waals surface area contributed by atoms with E-state index in [9.17, 15) is 4.39 Å². The maximum atomic E-state index is 13.9. The smallest absolute Gasteiger partial charge is 0.131 e. The van der Waals surface area contributed by atoms with E-state index in [1.165, 1.54) is 13.2 Å². The third kappa shape index (κ3) is 4.72. The molecule has 0 aliphatic rings. The number of methoxy groups -OCH3 is 1. The zero-order chi connectivity index (χ0) is 15.0. The largest absolute Gasteiger partial charge is 0.496 e. The van der Waals surface area contributed by atoms with E-state index in [-0.39, 0.29) is 19.0 Å². The average Bonchev–Trinajstić information content (AvgIpc) is 2.44. The van der Waals surface area contributed by atoms with Crippen molar-refractivity contribution in [2.24, 2.45) is 5.73 Å². The Hall–Kier alpha value is -1.21. The van der Waals surface area contributed by atoms with Crippen LogP contribution in [-0.4, -0.2) is 55.1 Å². The van der Waals surface area contributed by atoms with Gasteiger partial charge in [0.1, 0.15) is 11.6 Å². The van der Waals surface area contributed by atoms with Crippen molar-refractivity contribution in [2.45, 2.75) is 12.5 Å². The molecule has 6 heteroatoms. The summed E-state index contributed by atoms with van der Waals surface area (Å²) in [4.78, 5) is 1.88. The first-order valence-electron chi connectivity index (χ1n) is 6.66. The van der Waals surface area contributed by atoms with Crippen LogP contribution in [-0.2, 0) is 0 Å². The molecular weight excluding hydrogens is 263 g/mol. The Morgan fingerprint density at radius 1 is 1.25 bits per heavy atom. The number of nitrogens with two attached hydrogens (primary N) is 1. The Labute approximate surface area is 118 Å². The molecule has 20 heavy (non-hydrogen) atoms. The molecule has 0 saturated carbocycles. The molecule has 1 atom stereocenters. The molecule has 0 aromatic heterocycles. The molecule has 0 aliphatic heterocycles. The highest BCUT2D eigenvalue weighted by Gasteiger charge is 2.17. The summed E-state index contributed by atoms with van der Waals surface area (Å²) >= 11 is 0. The van der Waals surface area contributed by atoms with Crippen LogP contribution in [0.5, 0.6) is 5.75 Å². The summed E-state index contributed by atoms with van der Waals surface area (Å²) in [6.07, 6.45) is 0.511. The molecule has 1 aromatic rings. The number of halogens is 1. The van der Waals surface area contributed by atoms with E-state index in [0.29, 0.717) is 37.4 Å². The van der Waals surface area contributed by atoms with Crippen molar-refractivity contribution in [1.82, 2.24) is 4.90 Å². The van der Waals surface area contributed by atoms with Crippen LogP contribution in [0.3, 0.4) is 0 Å². The number of benzene rings is 1. The van der Waals surface area contributed by atoms with Crippen molar-refractivity contribution in [3.8, 4) is 5.75 Å². The van der Waals surface area contributed by atoms with Crippen molar-refractivity contribution in [2.75, 3.05) is 40.0 Å². The van der Waals surface area contributed by atoms with Gasteiger partial charge in [-0.15, -0.1) is 0 Å². The quantitative estimate of drug-likeness (QED) is 0.616. The highest BCUT2D eigenvalue weighted by molar-refractivity contribution is 5.37. The van der Waals surface area contributed by atoms with Crippen molar-refractivity contribution < 1.29 is 19.3 Å². The molecule has 0 saturated heterocycles. The van der Waals surface area contributed by atoms with Gasteiger partial charge in [-0.25, -0.2) is 4.39 Å².